The van der Waals surface area contributed by atoms with Crippen LogP contribution < -0.4 is 5.32 Å². The Morgan fingerprint density at radius 1 is 1.53 bits per heavy atom. The zero-order valence-electron chi connectivity index (χ0n) is 10.6. The van der Waals surface area contributed by atoms with Crippen LogP contribution in [0.25, 0.3) is 0 Å². The lowest BCUT2D eigenvalue weighted by atomic mass is 10.2. The number of aliphatic hydroxyl groups is 1. The van der Waals surface area contributed by atoms with Gasteiger partial charge in [0.15, 0.2) is 0 Å². The maximum Gasteiger partial charge on any atom is 0.410 e. The van der Waals surface area contributed by atoms with Crippen LogP contribution in [-0.4, -0.2) is 60.2 Å². The van der Waals surface area contributed by atoms with Gasteiger partial charge in [0.25, 0.3) is 0 Å². The molecule has 2 N–H and O–H groups in total. The Bertz CT molecular complexity index is 268. The number of carbonyl (C=O) groups excluding carboxylic acids is 1. The molecule has 100 valence electrons. The van der Waals surface area contributed by atoms with Gasteiger partial charge in [0.2, 0.25) is 0 Å². The topological polar surface area (TPSA) is 61.8 Å². The van der Waals surface area contributed by atoms with E-state index in [9.17, 15) is 14.3 Å². The highest BCUT2D eigenvalue weighted by Gasteiger charge is 2.35. The van der Waals surface area contributed by atoms with Crippen LogP contribution in [0.4, 0.5) is 9.18 Å². The Labute approximate surface area is 101 Å². The van der Waals surface area contributed by atoms with Crippen molar-refractivity contribution in [2.75, 3.05) is 26.3 Å². The predicted octanol–water partition coefficient (Wildman–Crippen LogP) is 0.526. The third-order valence-electron chi connectivity index (χ3n) is 2.44. The molecular weight excluding hydrogens is 227 g/mol. The molecule has 1 fully saturated rings. The number of nitrogens with zero attached hydrogens (tertiary/aromatic N) is 1. The Morgan fingerprint density at radius 2 is 2.18 bits per heavy atom. The highest BCUT2D eigenvalue weighted by atomic mass is 19.1. The van der Waals surface area contributed by atoms with Crippen molar-refractivity contribution in [1.82, 2.24) is 10.2 Å². The summed E-state index contributed by atoms with van der Waals surface area (Å²) in [7, 11) is 0. The van der Waals surface area contributed by atoms with Gasteiger partial charge in [-0.25, -0.2) is 9.18 Å². The number of hydrogen-bond acceptors (Lipinski definition) is 4. The second-order valence-electron chi connectivity index (χ2n) is 5.20. The first-order chi connectivity index (χ1) is 7.83. The number of β-amino-alcohol motifs (C(OH)–C–C–N with tert-alkyl or cyclic N) is 1. The van der Waals surface area contributed by atoms with E-state index >= 15 is 0 Å². The van der Waals surface area contributed by atoms with Crippen molar-refractivity contribution >= 4 is 6.09 Å². The number of aliphatic hydroxyl groups excluding tert-OH is 1. The van der Waals surface area contributed by atoms with Crippen LogP contribution in [0.1, 0.15) is 20.8 Å². The normalized spacial score (nSPS) is 25.1. The van der Waals surface area contributed by atoms with Crippen LogP contribution in [0.3, 0.4) is 0 Å². The summed E-state index contributed by atoms with van der Waals surface area (Å²) in [5.41, 5.74) is -0.549. The van der Waals surface area contributed by atoms with Crippen molar-refractivity contribution in [2.24, 2.45) is 0 Å². The highest BCUT2D eigenvalue weighted by molar-refractivity contribution is 5.68. The molecule has 0 aromatic heterocycles. The van der Waals surface area contributed by atoms with E-state index < -0.39 is 24.5 Å². The maximum absolute atomic E-state index is 12.0. The van der Waals surface area contributed by atoms with E-state index in [0.717, 1.165) is 0 Å². The largest absolute Gasteiger partial charge is 0.444 e. The molecule has 1 heterocycles. The van der Waals surface area contributed by atoms with E-state index in [2.05, 4.69) is 5.32 Å². The Balaban J connectivity index is 2.45. The molecule has 6 heteroatoms. The van der Waals surface area contributed by atoms with E-state index in [-0.39, 0.29) is 19.1 Å². The molecule has 0 aromatic carbocycles. The van der Waals surface area contributed by atoms with Gasteiger partial charge in [-0.3, -0.25) is 0 Å². The summed E-state index contributed by atoms with van der Waals surface area (Å²) < 4.78 is 17.2. The van der Waals surface area contributed by atoms with Gasteiger partial charge in [0.05, 0.1) is 18.7 Å². The summed E-state index contributed by atoms with van der Waals surface area (Å²) in [4.78, 5) is 13.2. The zero-order chi connectivity index (χ0) is 13.1. The molecule has 0 aliphatic carbocycles. The fourth-order valence-corrected chi connectivity index (χ4v) is 1.70. The van der Waals surface area contributed by atoms with Gasteiger partial charge in [-0.05, 0) is 20.8 Å². The molecular formula is C11H21FN2O3. The molecule has 17 heavy (non-hydrogen) atoms. The molecule has 1 saturated heterocycles. The molecule has 0 aromatic rings. The number of amides is 1. The van der Waals surface area contributed by atoms with Crippen LogP contribution in [0.2, 0.25) is 0 Å². The van der Waals surface area contributed by atoms with Crippen LogP contribution in [0, 0.1) is 0 Å². The number of hydrogen-bond donors (Lipinski definition) is 2. The monoisotopic (exact) mass is 248 g/mol. The summed E-state index contributed by atoms with van der Waals surface area (Å²) in [6, 6.07) is -0.279. The zero-order valence-corrected chi connectivity index (χ0v) is 10.6. The van der Waals surface area contributed by atoms with Gasteiger partial charge in [0, 0.05) is 13.1 Å². The highest BCUT2D eigenvalue weighted by Crippen LogP contribution is 2.15. The van der Waals surface area contributed by atoms with E-state index in [4.69, 9.17) is 4.74 Å². The number of halogens is 1. The molecule has 5 nitrogen and oxygen atoms in total. The molecule has 2 unspecified atom stereocenters. The molecule has 0 bridgehead atoms. The maximum atomic E-state index is 12.0. The Hall–Kier alpha value is -0.880. The number of ether oxygens (including phenoxy) is 1. The van der Waals surface area contributed by atoms with Gasteiger partial charge in [-0.1, -0.05) is 0 Å². The Kier molecular flexibility index (Phi) is 4.70. The van der Waals surface area contributed by atoms with Crippen LogP contribution in [-0.2, 0) is 4.74 Å². The molecule has 0 radical (unpaired) electrons. The van der Waals surface area contributed by atoms with Crippen LogP contribution in [0.5, 0.6) is 0 Å². The SMILES string of the molecule is CC(C)(C)OC(=O)N1CC(O)C(NCCF)C1. The minimum atomic E-state index is -0.672. The van der Waals surface area contributed by atoms with Gasteiger partial charge in [-0.15, -0.1) is 0 Å². The van der Waals surface area contributed by atoms with Crippen LogP contribution in [0.15, 0.2) is 0 Å². The minimum absolute atomic E-state index is 0.184. The van der Waals surface area contributed by atoms with Gasteiger partial charge in [-0.2, -0.15) is 0 Å². The van der Waals surface area contributed by atoms with Crippen molar-refractivity contribution in [3.05, 3.63) is 0 Å². The second kappa shape index (κ2) is 5.64. The Morgan fingerprint density at radius 3 is 2.71 bits per heavy atom. The molecule has 1 aliphatic heterocycles. The third kappa shape index (κ3) is 4.47. The first-order valence-corrected chi connectivity index (χ1v) is 5.79. The van der Waals surface area contributed by atoms with E-state index in [0.29, 0.717) is 6.54 Å². The van der Waals surface area contributed by atoms with Crippen molar-refractivity contribution in [2.45, 2.75) is 38.5 Å². The van der Waals surface area contributed by atoms with E-state index in [1.165, 1.54) is 4.90 Å². The number of likely N-dealkylation sites (tertiary alicyclic amines) is 1. The third-order valence-corrected chi connectivity index (χ3v) is 2.44. The van der Waals surface area contributed by atoms with Crippen molar-refractivity contribution < 1.29 is 19.0 Å². The number of rotatable bonds is 3. The van der Waals surface area contributed by atoms with Gasteiger partial charge in [0.1, 0.15) is 12.3 Å². The van der Waals surface area contributed by atoms with Crippen LogP contribution >= 0.6 is 0 Å². The summed E-state index contributed by atoms with van der Waals surface area (Å²) in [6.07, 6.45) is -1.12. The minimum Gasteiger partial charge on any atom is -0.444 e. The fraction of sp³-hybridized carbons (Fsp3) is 0.909. The summed E-state index contributed by atoms with van der Waals surface area (Å²) in [5.74, 6) is 0. The molecule has 1 amide bonds. The summed E-state index contributed by atoms with van der Waals surface area (Å²) in [6.45, 7) is 5.62. The number of alkyl halides is 1. The lowest BCUT2D eigenvalue weighted by Gasteiger charge is -2.24. The average molecular weight is 248 g/mol. The van der Waals surface area contributed by atoms with Gasteiger partial charge < -0.3 is 20.1 Å². The summed E-state index contributed by atoms with van der Waals surface area (Å²) >= 11 is 0. The molecule has 0 spiro atoms. The summed E-state index contributed by atoms with van der Waals surface area (Å²) in [5, 5.41) is 12.6. The predicted molar refractivity (Wildman–Crippen MR) is 61.6 cm³/mol. The average Bonchev–Trinajstić information content (AvgIpc) is 2.54. The lowest BCUT2D eigenvalue weighted by Crippen LogP contribution is -2.40. The molecule has 1 aliphatic rings. The van der Waals surface area contributed by atoms with Crippen molar-refractivity contribution in [3.63, 3.8) is 0 Å². The first kappa shape index (κ1) is 14.2. The first-order valence-electron chi connectivity index (χ1n) is 5.79. The van der Waals surface area contributed by atoms with Crippen molar-refractivity contribution in [3.8, 4) is 0 Å². The second-order valence-corrected chi connectivity index (χ2v) is 5.20. The van der Waals surface area contributed by atoms with Gasteiger partial charge >= 0.3 is 6.09 Å². The smallest absolute Gasteiger partial charge is 0.410 e. The molecule has 2 atom stereocenters. The standard InChI is InChI=1S/C11H21FN2O3/c1-11(2,3)17-10(16)14-6-8(9(15)7-14)13-5-4-12/h8-9,13,15H,4-7H2,1-3H3. The van der Waals surface area contributed by atoms with E-state index in [1.54, 1.807) is 20.8 Å². The fourth-order valence-electron chi connectivity index (χ4n) is 1.70. The quantitative estimate of drug-likeness (QED) is 0.764. The number of carbonyl (C=O) groups is 1. The lowest BCUT2D eigenvalue weighted by molar-refractivity contribution is 0.0270. The van der Waals surface area contributed by atoms with E-state index in [1.807, 2.05) is 0 Å². The molecule has 0 saturated carbocycles. The molecule has 1 rings (SSSR count). The van der Waals surface area contributed by atoms with Crippen molar-refractivity contribution in [1.29, 1.82) is 0 Å². The number of nitrogens with one attached hydrogen (secondary N) is 1.